The molecule has 4 rings (SSSR count). The molecule has 0 radical (unpaired) electrons. The largest absolute Gasteiger partial charge is 0.204 e. The first-order valence-corrected chi connectivity index (χ1v) is 12.1. The minimum absolute atomic E-state index is 0.334. The molecule has 3 aliphatic carbocycles. The average molecular weight is 428 g/mol. The number of hydrogen-bond acceptors (Lipinski definition) is 2. The van der Waals surface area contributed by atoms with Crippen molar-refractivity contribution in [2.45, 2.75) is 77.0 Å². The molecule has 0 spiro atoms. The first-order chi connectivity index (χ1) is 14.6. The smallest absolute Gasteiger partial charge is 0.153 e. The van der Waals surface area contributed by atoms with E-state index in [1.165, 1.54) is 76.3 Å². The molecule has 0 aromatic heterocycles. The summed E-state index contributed by atoms with van der Waals surface area (Å²) in [6.07, 6.45) is 16.4. The van der Waals surface area contributed by atoms with Gasteiger partial charge in [-0.3, -0.25) is 0 Å². The third-order valence-electron chi connectivity index (χ3n) is 7.92. The second kappa shape index (κ2) is 10.2. The summed E-state index contributed by atoms with van der Waals surface area (Å²) in [5.41, 5.74) is -0.0283. The Bertz CT molecular complexity index is 819. The zero-order valence-electron chi connectivity index (χ0n) is 17.6. The molecule has 0 unspecified atom stereocenters. The summed E-state index contributed by atoms with van der Waals surface area (Å²) in [5, 5.41) is 2.01. The van der Waals surface area contributed by atoms with Gasteiger partial charge in [0.2, 0.25) is 0 Å². The molecule has 30 heavy (non-hydrogen) atoms. The molecular weight excluding hydrogens is 396 g/mol. The van der Waals surface area contributed by atoms with Crippen molar-refractivity contribution in [2.24, 2.45) is 34.6 Å². The van der Waals surface area contributed by atoms with Crippen molar-refractivity contribution in [3.05, 3.63) is 29.3 Å². The van der Waals surface area contributed by atoms with Gasteiger partial charge in [-0.25, -0.2) is 8.78 Å². The fourth-order valence-electron chi connectivity index (χ4n) is 6.23. The van der Waals surface area contributed by atoms with Gasteiger partial charge in [-0.1, -0.05) is 37.5 Å². The lowest BCUT2D eigenvalue weighted by Crippen LogP contribution is -2.27. The third kappa shape index (κ3) is 5.19. The minimum Gasteiger partial charge on any atom is -0.204 e. The maximum absolute atomic E-state index is 14.0. The lowest BCUT2D eigenvalue weighted by Gasteiger charge is -2.38. The summed E-state index contributed by atoms with van der Waals surface area (Å²) < 4.78 is 27.9. The van der Waals surface area contributed by atoms with Crippen LogP contribution in [0.2, 0.25) is 0 Å². The van der Waals surface area contributed by atoms with Gasteiger partial charge < -0.3 is 0 Å². The second-order valence-electron chi connectivity index (χ2n) is 9.59. The molecule has 3 saturated carbocycles. The van der Waals surface area contributed by atoms with Crippen LogP contribution in [0.1, 0.15) is 82.6 Å². The highest BCUT2D eigenvalue weighted by molar-refractivity contribution is 7.78. The van der Waals surface area contributed by atoms with Crippen molar-refractivity contribution < 1.29 is 8.78 Å². The van der Waals surface area contributed by atoms with E-state index < -0.39 is 17.3 Å². The fourth-order valence-corrected chi connectivity index (χ4v) is 6.32. The van der Waals surface area contributed by atoms with Gasteiger partial charge in [0.05, 0.1) is 5.16 Å². The Kier molecular flexibility index (Phi) is 7.34. The van der Waals surface area contributed by atoms with Crippen molar-refractivity contribution in [3.8, 4) is 11.8 Å². The standard InChI is InChI=1S/C26H31F2NS/c27-24-15-19(16-25(28)26(24)29-17-30)6-5-18-7-9-21(10-8-18)23-13-11-22(12-14-23)20-3-1-2-4-20/h15-16,18,20-23H,1-4,7-14H2. The zero-order valence-corrected chi connectivity index (χ0v) is 18.5. The van der Waals surface area contributed by atoms with Crippen molar-refractivity contribution >= 4 is 23.1 Å². The zero-order chi connectivity index (χ0) is 20.9. The molecule has 0 aliphatic heterocycles. The number of isothiocyanates is 1. The van der Waals surface area contributed by atoms with Crippen molar-refractivity contribution in [3.63, 3.8) is 0 Å². The highest BCUT2D eigenvalue weighted by atomic mass is 32.1. The predicted octanol–water partition coefficient (Wildman–Crippen LogP) is 7.85. The molecule has 1 aromatic carbocycles. The Balaban J connectivity index is 1.27. The van der Waals surface area contributed by atoms with Crippen LogP contribution in [-0.4, -0.2) is 5.16 Å². The number of hydrogen-bond donors (Lipinski definition) is 0. The van der Waals surface area contributed by atoms with E-state index in [1.807, 2.05) is 5.16 Å². The molecular formula is C26H31F2NS. The van der Waals surface area contributed by atoms with Gasteiger partial charge in [-0.15, -0.1) is 0 Å². The van der Waals surface area contributed by atoms with Gasteiger partial charge >= 0.3 is 0 Å². The van der Waals surface area contributed by atoms with Gasteiger partial charge in [-0.05, 0) is 99.4 Å². The molecule has 1 nitrogen and oxygen atoms in total. The summed E-state index contributed by atoms with van der Waals surface area (Å²) in [5.74, 6) is 8.89. The molecule has 0 heterocycles. The normalized spacial score (nSPS) is 29.7. The van der Waals surface area contributed by atoms with Gasteiger partial charge in [0.1, 0.15) is 5.69 Å². The van der Waals surface area contributed by atoms with Crippen LogP contribution in [0, 0.1) is 53.1 Å². The summed E-state index contributed by atoms with van der Waals surface area (Å²) in [4.78, 5) is 3.44. The highest BCUT2D eigenvalue weighted by Gasteiger charge is 2.33. The number of thiocarbonyl (C=S) groups is 1. The fraction of sp³-hybridized carbons (Fsp3) is 0.654. The molecule has 4 heteroatoms. The number of aliphatic imine (C=N–C) groups is 1. The third-order valence-corrected chi connectivity index (χ3v) is 8.01. The molecule has 0 saturated heterocycles. The van der Waals surface area contributed by atoms with Gasteiger partial charge in [0.15, 0.2) is 11.6 Å². The lowest BCUT2D eigenvalue weighted by atomic mass is 9.67. The topological polar surface area (TPSA) is 12.4 Å². The first kappa shape index (κ1) is 21.7. The van der Waals surface area contributed by atoms with Crippen molar-refractivity contribution in [1.82, 2.24) is 0 Å². The lowest BCUT2D eigenvalue weighted by molar-refractivity contribution is 0.133. The van der Waals surface area contributed by atoms with Gasteiger partial charge in [-0.2, -0.15) is 4.99 Å². The molecule has 0 amide bonds. The van der Waals surface area contributed by atoms with Crippen LogP contribution >= 0.6 is 12.2 Å². The Morgan fingerprint density at radius 2 is 1.20 bits per heavy atom. The number of nitrogens with zero attached hydrogens (tertiary/aromatic N) is 1. The van der Waals surface area contributed by atoms with Crippen LogP contribution in [0.25, 0.3) is 0 Å². The molecule has 0 N–H and O–H groups in total. The molecule has 3 aliphatic rings. The van der Waals surface area contributed by atoms with Crippen LogP contribution in [0.3, 0.4) is 0 Å². The Hall–Kier alpha value is -1.56. The van der Waals surface area contributed by atoms with E-state index in [4.69, 9.17) is 0 Å². The van der Waals surface area contributed by atoms with Crippen molar-refractivity contribution in [1.29, 1.82) is 0 Å². The van der Waals surface area contributed by atoms with Crippen molar-refractivity contribution in [2.75, 3.05) is 0 Å². The van der Waals surface area contributed by atoms with Crippen LogP contribution in [0.4, 0.5) is 14.5 Å². The maximum atomic E-state index is 14.0. The van der Waals surface area contributed by atoms with E-state index in [-0.39, 0.29) is 0 Å². The molecule has 160 valence electrons. The van der Waals surface area contributed by atoms with Crippen LogP contribution in [0.5, 0.6) is 0 Å². The second-order valence-corrected chi connectivity index (χ2v) is 9.77. The van der Waals surface area contributed by atoms with Crippen LogP contribution in [-0.2, 0) is 0 Å². The SMILES string of the molecule is Fc1cc(C#CC2CCC(C3CCC(C4CCCC4)CC3)CC2)cc(F)c1N=C=S. The summed E-state index contributed by atoms with van der Waals surface area (Å²) in [7, 11) is 0. The van der Waals surface area contributed by atoms with E-state index in [2.05, 4.69) is 29.1 Å². The quantitative estimate of drug-likeness (QED) is 0.272. The summed E-state index contributed by atoms with van der Waals surface area (Å²) in [6, 6.07) is 2.46. The van der Waals surface area contributed by atoms with Gasteiger partial charge in [0.25, 0.3) is 0 Å². The highest BCUT2D eigenvalue weighted by Crippen LogP contribution is 2.45. The first-order valence-electron chi connectivity index (χ1n) is 11.7. The predicted molar refractivity (Wildman–Crippen MR) is 121 cm³/mol. The van der Waals surface area contributed by atoms with E-state index in [0.717, 1.165) is 36.5 Å². The average Bonchev–Trinajstić information content (AvgIpc) is 3.30. The molecule has 0 bridgehead atoms. The van der Waals surface area contributed by atoms with E-state index in [9.17, 15) is 8.78 Å². The number of benzene rings is 1. The number of rotatable bonds is 3. The van der Waals surface area contributed by atoms with Crippen LogP contribution in [0.15, 0.2) is 17.1 Å². The maximum Gasteiger partial charge on any atom is 0.153 e. The Morgan fingerprint density at radius 3 is 1.70 bits per heavy atom. The monoisotopic (exact) mass is 427 g/mol. The Labute approximate surface area is 184 Å². The van der Waals surface area contributed by atoms with E-state index >= 15 is 0 Å². The molecule has 1 aromatic rings. The van der Waals surface area contributed by atoms with Crippen LogP contribution < -0.4 is 0 Å². The van der Waals surface area contributed by atoms with Gasteiger partial charge in [0, 0.05) is 11.5 Å². The molecule has 3 fully saturated rings. The van der Waals surface area contributed by atoms with E-state index in [0.29, 0.717) is 11.5 Å². The van der Waals surface area contributed by atoms with E-state index in [1.54, 1.807) is 0 Å². The molecule has 0 atom stereocenters. The minimum atomic E-state index is -0.742. The number of halogens is 2. The summed E-state index contributed by atoms with van der Waals surface area (Å²) >= 11 is 4.43. The summed E-state index contributed by atoms with van der Waals surface area (Å²) in [6.45, 7) is 0. The Morgan fingerprint density at radius 1 is 0.733 bits per heavy atom.